The molecule has 1 aromatic rings. The molecule has 0 fully saturated rings. The van der Waals surface area contributed by atoms with E-state index in [9.17, 15) is 14.4 Å². The van der Waals surface area contributed by atoms with E-state index < -0.39 is 24.0 Å². The minimum atomic E-state index is -0.990. The topological polar surface area (TPSA) is 98.5 Å². The van der Waals surface area contributed by atoms with Gasteiger partial charge in [-0.05, 0) is 12.5 Å². The number of esters is 1. The summed E-state index contributed by atoms with van der Waals surface area (Å²) in [5, 5.41) is 2.67. The first-order valence-electron chi connectivity index (χ1n) is 6.21. The van der Waals surface area contributed by atoms with Crippen molar-refractivity contribution < 1.29 is 19.1 Å². The average Bonchev–Trinajstić information content (AvgIpc) is 2.38. The van der Waals surface area contributed by atoms with Crippen LogP contribution in [0.4, 0.5) is 0 Å². The second kappa shape index (κ2) is 7.28. The molecular formula is C14H18N2O4. The number of hydrogen-bond donors (Lipinski definition) is 2. The highest BCUT2D eigenvalue weighted by molar-refractivity contribution is 5.82. The second-order valence-corrected chi connectivity index (χ2v) is 4.40. The van der Waals surface area contributed by atoms with Gasteiger partial charge < -0.3 is 15.8 Å². The lowest BCUT2D eigenvalue weighted by Crippen LogP contribution is -2.33. The molecule has 0 unspecified atom stereocenters. The molecule has 0 saturated heterocycles. The molecule has 0 aliphatic carbocycles. The van der Waals surface area contributed by atoms with Crippen molar-refractivity contribution in [3.8, 4) is 0 Å². The van der Waals surface area contributed by atoms with Gasteiger partial charge in [0, 0.05) is 6.92 Å². The first-order chi connectivity index (χ1) is 9.40. The highest BCUT2D eigenvalue weighted by Gasteiger charge is 2.21. The van der Waals surface area contributed by atoms with Crippen LogP contribution in [0, 0.1) is 0 Å². The van der Waals surface area contributed by atoms with Gasteiger partial charge in [-0.1, -0.05) is 30.3 Å². The number of primary amides is 1. The molecule has 0 aromatic heterocycles. The number of hydrogen-bond acceptors (Lipinski definition) is 4. The van der Waals surface area contributed by atoms with Crippen molar-refractivity contribution in [2.75, 3.05) is 0 Å². The molecule has 108 valence electrons. The molecule has 0 bridgehead atoms. The van der Waals surface area contributed by atoms with Crippen LogP contribution in [0.5, 0.6) is 0 Å². The number of ether oxygens (including phenoxy) is 1. The van der Waals surface area contributed by atoms with Gasteiger partial charge in [0.2, 0.25) is 5.91 Å². The molecule has 1 rings (SSSR count). The molecule has 0 saturated carbocycles. The number of benzene rings is 1. The van der Waals surface area contributed by atoms with Crippen LogP contribution in [0.15, 0.2) is 30.3 Å². The summed E-state index contributed by atoms with van der Waals surface area (Å²) in [6.45, 7) is 2.77. The van der Waals surface area contributed by atoms with Gasteiger partial charge in [-0.25, -0.2) is 0 Å². The first-order valence-corrected chi connectivity index (χ1v) is 6.21. The summed E-state index contributed by atoms with van der Waals surface area (Å²) < 4.78 is 4.88. The van der Waals surface area contributed by atoms with Gasteiger partial charge in [0.25, 0.3) is 5.91 Å². The number of amides is 2. The Morgan fingerprint density at radius 1 is 1.25 bits per heavy atom. The lowest BCUT2D eigenvalue weighted by atomic mass is 10.0. The van der Waals surface area contributed by atoms with Crippen LogP contribution in [-0.2, 0) is 19.1 Å². The Bertz CT molecular complexity index is 487. The normalized spacial score (nSPS) is 13.1. The molecule has 6 nitrogen and oxygen atoms in total. The second-order valence-electron chi connectivity index (χ2n) is 4.40. The molecule has 1 aromatic carbocycles. The largest absolute Gasteiger partial charge is 0.452 e. The third-order valence-corrected chi connectivity index (χ3v) is 2.66. The highest BCUT2D eigenvalue weighted by atomic mass is 16.5. The van der Waals surface area contributed by atoms with E-state index in [1.807, 2.05) is 18.2 Å². The molecule has 2 amide bonds. The van der Waals surface area contributed by atoms with E-state index in [-0.39, 0.29) is 12.3 Å². The summed E-state index contributed by atoms with van der Waals surface area (Å²) in [6.07, 6.45) is -1.06. The van der Waals surface area contributed by atoms with Crippen LogP contribution in [0.3, 0.4) is 0 Å². The van der Waals surface area contributed by atoms with E-state index in [2.05, 4.69) is 5.32 Å². The van der Waals surface area contributed by atoms with Gasteiger partial charge in [0.1, 0.15) is 0 Å². The molecule has 0 spiro atoms. The number of nitrogens with two attached hydrogens (primary N) is 1. The SMILES string of the molecule is CC(=O)N[C@H](CC(=O)O[C@H](C)C(N)=O)c1ccccc1. The van der Waals surface area contributed by atoms with E-state index in [0.29, 0.717) is 0 Å². The van der Waals surface area contributed by atoms with Crippen molar-refractivity contribution in [2.24, 2.45) is 5.73 Å². The predicted molar refractivity (Wildman–Crippen MR) is 72.4 cm³/mol. The van der Waals surface area contributed by atoms with Gasteiger partial charge in [0.05, 0.1) is 12.5 Å². The predicted octanol–water partition coefficient (Wildman–Crippen LogP) is 0.671. The zero-order valence-electron chi connectivity index (χ0n) is 11.5. The van der Waals surface area contributed by atoms with Crippen LogP contribution in [0.1, 0.15) is 31.9 Å². The van der Waals surface area contributed by atoms with Gasteiger partial charge >= 0.3 is 5.97 Å². The molecular weight excluding hydrogens is 260 g/mol. The highest BCUT2D eigenvalue weighted by Crippen LogP contribution is 2.17. The summed E-state index contributed by atoms with van der Waals surface area (Å²) >= 11 is 0. The average molecular weight is 278 g/mol. The zero-order valence-corrected chi connectivity index (χ0v) is 11.5. The van der Waals surface area contributed by atoms with Crippen molar-refractivity contribution in [1.29, 1.82) is 0 Å². The molecule has 20 heavy (non-hydrogen) atoms. The van der Waals surface area contributed by atoms with Gasteiger partial charge in [-0.15, -0.1) is 0 Å². The number of rotatable bonds is 6. The fraction of sp³-hybridized carbons (Fsp3) is 0.357. The Morgan fingerprint density at radius 2 is 1.85 bits per heavy atom. The standard InChI is InChI=1S/C14H18N2O4/c1-9(14(15)19)20-13(18)8-12(16-10(2)17)11-6-4-3-5-7-11/h3-7,9,12H,8H2,1-2H3,(H2,15,19)(H,16,17)/t9-,12-/m1/s1. The third-order valence-electron chi connectivity index (χ3n) is 2.66. The Balaban J connectivity index is 2.73. The minimum absolute atomic E-state index is 0.0682. The molecule has 3 N–H and O–H groups in total. The summed E-state index contributed by atoms with van der Waals surface area (Å²) in [4.78, 5) is 33.8. The monoisotopic (exact) mass is 278 g/mol. The summed E-state index contributed by atoms with van der Waals surface area (Å²) in [6, 6.07) is 8.54. The van der Waals surface area contributed by atoms with Crippen molar-refractivity contribution in [2.45, 2.75) is 32.4 Å². The maximum absolute atomic E-state index is 11.7. The Morgan fingerprint density at radius 3 is 2.35 bits per heavy atom. The number of nitrogens with one attached hydrogen (secondary N) is 1. The maximum atomic E-state index is 11.7. The molecule has 6 heteroatoms. The molecule has 0 heterocycles. The van der Waals surface area contributed by atoms with Crippen molar-refractivity contribution in [3.63, 3.8) is 0 Å². The van der Waals surface area contributed by atoms with Gasteiger partial charge in [0.15, 0.2) is 6.10 Å². The van der Waals surface area contributed by atoms with Gasteiger partial charge in [-0.3, -0.25) is 14.4 Å². The Hall–Kier alpha value is -2.37. The molecule has 0 aliphatic rings. The van der Waals surface area contributed by atoms with E-state index in [1.165, 1.54) is 13.8 Å². The zero-order chi connectivity index (χ0) is 15.1. The minimum Gasteiger partial charge on any atom is -0.452 e. The number of carbonyl (C=O) groups excluding carboxylic acids is 3. The van der Waals surface area contributed by atoms with Crippen LogP contribution in [-0.4, -0.2) is 23.9 Å². The van der Waals surface area contributed by atoms with E-state index in [4.69, 9.17) is 10.5 Å². The molecule has 0 radical (unpaired) electrons. The van der Waals surface area contributed by atoms with E-state index >= 15 is 0 Å². The molecule has 2 atom stereocenters. The maximum Gasteiger partial charge on any atom is 0.309 e. The van der Waals surface area contributed by atoms with Gasteiger partial charge in [-0.2, -0.15) is 0 Å². The third kappa shape index (κ3) is 5.09. The van der Waals surface area contributed by atoms with E-state index in [1.54, 1.807) is 12.1 Å². The Kier molecular flexibility index (Phi) is 5.71. The summed E-state index contributed by atoms with van der Waals surface area (Å²) in [5.74, 6) is -1.57. The van der Waals surface area contributed by atoms with Crippen molar-refractivity contribution in [3.05, 3.63) is 35.9 Å². The van der Waals surface area contributed by atoms with Crippen LogP contribution < -0.4 is 11.1 Å². The number of carbonyl (C=O) groups is 3. The quantitative estimate of drug-likeness (QED) is 0.747. The smallest absolute Gasteiger partial charge is 0.309 e. The lowest BCUT2D eigenvalue weighted by molar-refractivity contribution is -0.154. The fourth-order valence-corrected chi connectivity index (χ4v) is 1.65. The summed E-state index contributed by atoms with van der Waals surface area (Å²) in [7, 11) is 0. The molecule has 0 aliphatic heterocycles. The lowest BCUT2D eigenvalue weighted by Gasteiger charge is -2.18. The van der Waals surface area contributed by atoms with E-state index in [0.717, 1.165) is 5.56 Å². The Labute approximate surface area is 117 Å². The van der Waals surface area contributed by atoms with Crippen LogP contribution in [0.25, 0.3) is 0 Å². The van der Waals surface area contributed by atoms with Crippen LogP contribution in [0.2, 0.25) is 0 Å². The van der Waals surface area contributed by atoms with Crippen molar-refractivity contribution >= 4 is 17.8 Å². The fourth-order valence-electron chi connectivity index (χ4n) is 1.65. The van der Waals surface area contributed by atoms with Crippen LogP contribution >= 0.6 is 0 Å². The first kappa shape index (κ1) is 15.7. The van der Waals surface area contributed by atoms with Crippen molar-refractivity contribution in [1.82, 2.24) is 5.32 Å². The summed E-state index contributed by atoms with van der Waals surface area (Å²) in [5.41, 5.74) is 5.80.